The van der Waals surface area contributed by atoms with Gasteiger partial charge in [0, 0.05) is 18.0 Å². The van der Waals surface area contributed by atoms with Gasteiger partial charge in [0.15, 0.2) is 20.9 Å². The predicted octanol–water partition coefficient (Wildman–Crippen LogP) is 1.50. The van der Waals surface area contributed by atoms with Crippen LogP contribution in [0.4, 0.5) is 34.1 Å². The third-order valence-corrected chi connectivity index (χ3v) is 15.5. The molecule has 0 spiro atoms. The summed E-state index contributed by atoms with van der Waals surface area (Å²) in [6.45, 7) is -0.0261. The van der Waals surface area contributed by atoms with Crippen molar-refractivity contribution in [1.82, 2.24) is 0 Å². The Morgan fingerprint density at radius 2 is 1.23 bits per heavy atom. The molecule has 0 saturated carbocycles. The number of anilines is 4. The standard InChI is InChI=1S/C38H32N8O21S6/c1-20(47)39-30-18-27(70(55,56)57)16-21-17-33(72(61,62)63)36(38(50)34(21)30)45-41-23-6-8-25(9-7-23)69(53,54)46-24-4-2-22(3-5-24)40-43-29-12-13-31(48)35(37(29)49)44-42-28-11-10-26(19-32(28)71(58,59)60)68(51,52)15-14-67-73(64,65)66/h2-13,16-19,40,42,46,50H,14-15H2,1H3,(H,39,47)(H,55,56,57)(H,58,59,60)(H,61,62,63)(H,64,65,66). The molecular formula is C38H32N8O21S6. The molecule has 0 aliphatic rings. The van der Waals surface area contributed by atoms with Crippen LogP contribution in [0.15, 0.2) is 152 Å². The van der Waals surface area contributed by atoms with Crippen LogP contribution in [0, 0.1) is 0 Å². The summed E-state index contributed by atoms with van der Waals surface area (Å²) < 4.78 is 190. The van der Waals surface area contributed by atoms with Crippen LogP contribution in [0.2, 0.25) is 0 Å². The molecule has 6 rings (SSSR count). The molecule has 9 N–H and O–H groups in total. The number of fused-ring (bicyclic) bond motifs is 1. The first-order chi connectivity index (χ1) is 33.7. The number of carbonyl (C=O) groups excluding carboxylic acids is 1. The van der Waals surface area contributed by atoms with E-state index in [0.29, 0.717) is 12.1 Å². The van der Waals surface area contributed by atoms with Crippen molar-refractivity contribution in [2.75, 3.05) is 33.3 Å². The zero-order valence-electron chi connectivity index (χ0n) is 36.2. The molecule has 35 heteroatoms. The lowest BCUT2D eigenvalue weighted by molar-refractivity contribution is -0.114. The van der Waals surface area contributed by atoms with E-state index in [4.69, 9.17) is 4.55 Å². The third-order valence-electron chi connectivity index (χ3n) is 9.40. The number of hydrogen-bond acceptors (Lipinski definition) is 23. The number of carbonyl (C=O) groups is 1. The Bertz CT molecular complexity index is 4230. The molecule has 0 aromatic heterocycles. The highest BCUT2D eigenvalue weighted by Gasteiger charge is 2.27. The van der Waals surface area contributed by atoms with E-state index in [1.807, 2.05) is 0 Å². The van der Waals surface area contributed by atoms with Crippen molar-refractivity contribution in [2.24, 2.45) is 20.4 Å². The van der Waals surface area contributed by atoms with Gasteiger partial charge in [-0.1, -0.05) is 0 Å². The molecule has 0 aliphatic heterocycles. The van der Waals surface area contributed by atoms with Gasteiger partial charge < -0.3 is 10.4 Å². The van der Waals surface area contributed by atoms with Crippen LogP contribution in [0.5, 0.6) is 5.75 Å². The summed E-state index contributed by atoms with van der Waals surface area (Å²) in [5.41, 5.74) is 0.681. The Hall–Kier alpha value is -7.45. The first kappa shape index (κ1) is 54.9. The zero-order valence-corrected chi connectivity index (χ0v) is 41.1. The summed E-state index contributed by atoms with van der Waals surface area (Å²) in [6, 6.07) is 15.8. The van der Waals surface area contributed by atoms with Crippen molar-refractivity contribution in [3.8, 4) is 5.75 Å². The second-order valence-corrected chi connectivity index (χ2v) is 23.6. The van der Waals surface area contributed by atoms with Crippen molar-refractivity contribution in [3.63, 3.8) is 0 Å². The Balaban J connectivity index is 1.18. The molecule has 0 heterocycles. The van der Waals surface area contributed by atoms with E-state index in [0.717, 1.165) is 67.6 Å². The smallest absolute Gasteiger partial charge is 0.397 e. The fraction of sp³-hybridized carbons (Fsp3) is 0.0789. The summed E-state index contributed by atoms with van der Waals surface area (Å²) in [5, 5.41) is 26.5. The fourth-order valence-electron chi connectivity index (χ4n) is 6.16. The van der Waals surface area contributed by atoms with Gasteiger partial charge in [-0.15, -0.1) is 5.11 Å². The van der Waals surface area contributed by atoms with E-state index in [-0.39, 0.29) is 32.7 Å². The molecule has 0 aliphatic carbocycles. The van der Waals surface area contributed by atoms with E-state index in [2.05, 4.69) is 45.5 Å². The summed E-state index contributed by atoms with van der Waals surface area (Å²) in [7, 11) is -29.2. The van der Waals surface area contributed by atoms with E-state index >= 15 is 0 Å². The van der Waals surface area contributed by atoms with Crippen molar-refractivity contribution in [1.29, 1.82) is 0 Å². The van der Waals surface area contributed by atoms with Crippen LogP contribution in [0.25, 0.3) is 10.8 Å². The normalized spacial score (nSPS) is 13.3. The predicted molar refractivity (Wildman–Crippen MR) is 253 cm³/mol. The molecule has 6 aromatic rings. The van der Waals surface area contributed by atoms with Gasteiger partial charge in [-0.3, -0.25) is 48.2 Å². The monoisotopic (exact) mass is 1130 g/mol. The van der Waals surface area contributed by atoms with Crippen LogP contribution < -0.4 is 42.5 Å². The molecule has 0 saturated heterocycles. The number of nitrogens with one attached hydrogen (secondary N) is 4. The number of rotatable bonds is 18. The molecule has 6 aromatic carbocycles. The summed E-state index contributed by atoms with van der Waals surface area (Å²) in [4.78, 5) is 33.6. The number of phenols is 1. The van der Waals surface area contributed by atoms with Crippen LogP contribution >= 0.6 is 0 Å². The zero-order chi connectivity index (χ0) is 54.1. The largest absolute Gasteiger partial charge is 0.505 e. The average molecular weight is 1130 g/mol. The van der Waals surface area contributed by atoms with E-state index in [9.17, 15) is 83.7 Å². The van der Waals surface area contributed by atoms with Crippen LogP contribution in [-0.4, -0.2) is 92.1 Å². The maximum Gasteiger partial charge on any atom is 0.397 e. The Morgan fingerprint density at radius 3 is 1.82 bits per heavy atom. The topological polar surface area (TPSA) is 464 Å². The van der Waals surface area contributed by atoms with Crippen LogP contribution in [-0.2, 0) is 69.6 Å². The lowest BCUT2D eigenvalue weighted by Crippen LogP contribution is -2.48. The molecule has 0 fully saturated rings. The number of hydrogen-bond donors (Lipinski definition) is 9. The fourth-order valence-corrected chi connectivity index (χ4v) is 10.7. The molecular weight excluding hydrogens is 1100 g/mol. The number of sulfonamides is 1. The minimum absolute atomic E-state index is 0.00891. The molecule has 0 bridgehead atoms. The lowest BCUT2D eigenvalue weighted by atomic mass is 10.1. The van der Waals surface area contributed by atoms with E-state index in [1.165, 1.54) is 24.3 Å². The molecule has 73 heavy (non-hydrogen) atoms. The van der Waals surface area contributed by atoms with Crippen molar-refractivity contribution >= 4 is 111 Å². The number of sulfone groups is 1. The maximum atomic E-state index is 13.3. The SMILES string of the molecule is CC(=O)Nc1cc(S(=O)(=O)O)cc2cc(S(=O)(=O)O)c(N=Nc3ccc(S(=O)(=O)Nc4ccc(NN=c5ccc(=O)c(=NNc6ccc(S(=O)(=O)CCOS(=O)(=O)O)cc6S(=O)(=O)O)c5=O)cc4)cc3)c(O)c12. The number of phenolic OH excluding ortho intramolecular Hbond substituents is 1. The van der Waals surface area contributed by atoms with Crippen molar-refractivity contribution in [2.45, 2.75) is 31.4 Å². The quantitative estimate of drug-likeness (QED) is 0.0334. The number of azo groups is 1. The number of amides is 1. The van der Waals surface area contributed by atoms with E-state index < -0.39 is 143 Å². The van der Waals surface area contributed by atoms with Gasteiger partial charge in [0.25, 0.3) is 40.4 Å². The highest BCUT2D eigenvalue weighted by molar-refractivity contribution is 7.92. The summed E-state index contributed by atoms with van der Waals surface area (Å²) in [5.74, 6) is -2.83. The lowest BCUT2D eigenvalue weighted by Gasteiger charge is -2.14. The number of nitrogens with zero attached hydrogens (tertiary/aromatic N) is 4. The highest BCUT2D eigenvalue weighted by atomic mass is 32.3. The molecule has 386 valence electrons. The van der Waals surface area contributed by atoms with Crippen molar-refractivity contribution in [3.05, 3.63) is 128 Å². The maximum absolute atomic E-state index is 13.3. The van der Waals surface area contributed by atoms with E-state index in [1.54, 1.807) is 0 Å². The molecule has 29 nitrogen and oxygen atoms in total. The van der Waals surface area contributed by atoms with Crippen LogP contribution in [0.3, 0.4) is 0 Å². The van der Waals surface area contributed by atoms with Gasteiger partial charge >= 0.3 is 10.4 Å². The summed E-state index contributed by atoms with van der Waals surface area (Å²) >= 11 is 0. The van der Waals surface area contributed by atoms with Crippen LogP contribution in [0.1, 0.15) is 6.92 Å². The number of benzene rings is 6. The first-order valence-electron chi connectivity index (χ1n) is 19.4. The molecule has 0 atom stereocenters. The van der Waals surface area contributed by atoms with Crippen molar-refractivity contribution < 1.29 is 82.8 Å². The molecule has 1 amide bonds. The Labute approximate surface area is 411 Å². The average Bonchev–Trinajstić information content (AvgIpc) is 3.27. The molecule has 0 radical (unpaired) electrons. The summed E-state index contributed by atoms with van der Waals surface area (Å²) in [6.07, 6.45) is 0. The van der Waals surface area contributed by atoms with Gasteiger partial charge in [-0.05, 0) is 102 Å². The minimum atomic E-state index is -5.23. The van der Waals surface area contributed by atoms with Gasteiger partial charge in [0.1, 0.15) is 20.8 Å². The van der Waals surface area contributed by atoms with Gasteiger partial charge in [-0.25, -0.2) is 21.0 Å². The first-order valence-corrected chi connectivity index (χ1v) is 28.2. The second-order valence-electron chi connectivity index (χ2n) is 14.6. The number of aromatic hydroxyl groups is 1. The van der Waals surface area contributed by atoms with Gasteiger partial charge in [-0.2, -0.15) is 49.0 Å². The minimum Gasteiger partial charge on any atom is -0.505 e. The third kappa shape index (κ3) is 13.5. The second kappa shape index (κ2) is 20.6. The van der Waals surface area contributed by atoms with Gasteiger partial charge in [0.2, 0.25) is 16.8 Å². The Kier molecular flexibility index (Phi) is 15.5. The molecule has 0 unspecified atom stereocenters. The highest BCUT2D eigenvalue weighted by Crippen LogP contribution is 2.45. The van der Waals surface area contributed by atoms with Gasteiger partial charge in [0.05, 0.1) is 49.8 Å². The Morgan fingerprint density at radius 1 is 0.616 bits per heavy atom.